The minimum absolute atomic E-state index is 0.679. The Morgan fingerprint density at radius 3 is 2.44 bits per heavy atom. The Morgan fingerprint density at radius 1 is 0.960 bits per heavy atom. The molecule has 1 aromatic heterocycles. The largest absolute Gasteiger partial charge is 0.366 e. The van der Waals surface area contributed by atoms with E-state index in [1.807, 2.05) is 49.4 Å². The van der Waals surface area contributed by atoms with E-state index in [-0.39, 0.29) is 0 Å². The molecule has 3 aromatic rings. The van der Waals surface area contributed by atoms with E-state index in [0.29, 0.717) is 6.54 Å². The summed E-state index contributed by atoms with van der Waals surface area (Å²) in [7, 11) is 0. The van der Waals surface area contributed by atoms with Gasteiger partial charge in [0.15, 0.2) is 0 Å². The number of hydrogen-bond donors (Lipinski definition) is 2. The summed E-state index contributed by atoms with van der Waals surface area (Å²) in [5, 5.41) is 7.48. The highest BCUT2D eigenvalue weighted by atomic mass is 35.5. The van der Waals surface area contributed by atoms with Crippen LogP contribution in [0.4, 0.5) is 17.3 Å². The molecule has 0 amide bonds. The minimum atomic E-state index is 0.679. The Kier molecular flexibility index (Phi) is 5.51. The lowest BCUT2D eigenvalue weighted by molar-refractivity contribution is 1.02. The van der Waals surface area contributed by atoms with Gasteiger partial charge >= 0.3 is 0 Å². The lowest BCUT2D eigenvalue weighted by Crippen LogP contribution is -2.05. The summed E-state index contributed by atoms with van der Waals surface area (Å²) in [6, 6.07) is 18.0. The van der Waals surface area contributed by atoms with Crippen LogP contribution in [0.25, 0.3) is 0 Å². The fraction of sp³-hybridized carbons (Fsp3) is 0.200. The van der Waals surface area contributed by atoms with E-state index < -0.39 is 0 Å². The van der Waals surface area contributed by atoms with Gasteiger partial charge in [0.05, 0.1) is 0 Å². The van der Waals surface area contributed by atoms with Crippen molar-refractivity contribution in [2.45, 2.75) is 26.8 Å². The van der Waals surface area contributed by atoms with Gasteiger partial charge in [-0.3, -0.25) is 0 Å². The number of benzene rings is 2. The van der Waals surface area contributed by atoms with Gasteiger partial charge in [-0.1, -0.05) is 48.9 Å². The number of aromatic nitrogens is 2. The number of hydrogen-bond acceptors (Lipinski definition) is 4. The topological polar surface area (TPSA) is 49.8 Å². The molecule has 4 nitrogen and oxygen atoms in total. The normalized spacial score (nSPS) is 10.5. The average Bonchev–Trinajstić information content (AvgIpc) is 2.61. The second-order valence-corrected chi connectivity index (χ2v) is 6.24. The van der Waals surface area contributed by atoms with Crippen molar-refractivity contribution in [3.8, 4) is 0 Å². The Morgan fingerprint density at radius 2 is 1.68 bits per heavy atom. The van der Waals surface area contributed by atoms with Crippen molar-refractivity contribution >= 4 is 28.9 Å². The quantitative estimate of drug-likeness (QED) is 0.627. The number of nitrogens with zero attached hydrogens (tertiary/aromatic N) is 2. The highest BCUT2D eigenvalue weighted by Crippen LogP contribution is 2.22. The molecule has 0 aliphatic rings. The maximum atomic E-state index is 5.92. The molecule has 128 valence electrons. The maximum absolute atomic E-state index is 5.92. The van der Waals surface area contributed by atoms with Gasteiger partial charge in [-0.05, 0) is 42.7 Å². The number of aryl methyl sites for hydroxylation is 2. The van der Waals surface area contributed by atoms with Crippen molar-refractivity contribution < 1.29 is 0 Å². The predicted octanol–water partition coefficient (Wildman–Crippen LogP) is 5.36. The molecule has 0 radical (unpaired) electrons. The van der Waals surface area contributed by atoms with Crippen LogP contribution in [0, 0.1) is 6.92 Å². The third-order valence-electron chi connectivity index (χ3n) is 3.89. The number of para-hydroxylation sites is 1. The second-order valence-electron chi connectivity index (χ2n) is 5.80. The molecule has 2 aromatic carbocycles. The molecule has 25 heavy (non-hydrogen) atoms. The fourth-order valence-corrected chi connectivity index (χ4v) is 2.73. The Bertz CT molecular complexity index is 847. The molecular formula is C20H21ClN4. The van der Waals surface area contributed by atoms with E-state index >= 15 is 0 Å². The molecule has 5 heteroatoms. The van der Waals surface area contributed by atoms with Gasteiger partial charge in [0.2, 0.25) is 0 Å². The van der Waals surface area contributed by atoms with Crippen LogP contribution in [-0.2, 0) is 13.0 Å². The Labute approximate surface area is 153 Å². The van der Waals surface area contributed by atoms with Crippen molar-refractivity contribution in [3.05, 3.63) is 76.6 Å². The molecule has 0 spiro atoms. The number of nitrogens with one attached hydrogen (secondary N) is 2. The van der Waals surface area contributed by atoms with E-state index in [1.54, 1.807) is 0 Å². The maximum Gasteiger partial charge on any atom is 0.136 e. The van der Waals surface area contributed by atoms with Gasteiger partial charge in [0, 0.05) is 23.3 Å². The van der Waals surface area contributed by atoms with Crippen LogP contribution in [-0.4, -0.2) is 9.97 Å². The fourth-order valence-electron chi connectivity index (χ4n) is 2.61. The van der Waals surface area contributed by atoms with Gasteiger partial charge in [0.1, 0.15) is 17.5 Å². The molecule has 0 aliphatic heterocycles. The van der Waals surface area contributed by atoms with Crippen LogP contribution in [0.2, 0.25) is 5.02 Å². The van der Waals surface area contributed by atoms with E-state index in [1.165, 1.54) is 5.56 Å². The molecule has 0 aliphatic carbocycles. The van der Waals surface area contributed by atoms with Crippen LogP contribution < -0.4 is 10.6 Å². The number of rotatable bonds is 6. The highest BCUT2D eigenvalue weighted by Gasteiger charge is 2.05. The highest BCUT2D eigenvalue weighted by molar-refractivity contribution is 6.30. The molecule has 0 fully saturated rings. The smallest absolute Gasteiger partial charge is 0.136 e. The number of halogens is 1. The minimum Gasteiger partial charge on any atom is -0.366 e. The third kappa shape index (κ3) is 4.70. The van der Waals surface area contributed by atoms with Crippen molar-refractivity contribution in [1.82, 2.24) is 9.97 Å². The van der Waals surface area contributed by atoms with E-state index in [4.69, 9.17) is 11.6 Å². The van der Waals surface area contributed by atoms with Gasteiger partial charge < -0.3 is 10.6 Å². The standard InChI is InChI=1S/C20H21ClN4/c1-3-16-6-4-5-7-18(16)25-20-12-19(23-14(2)24-20)22-13-15-8-10-17(21)11-9-15/h4-12H,3,13H2,1-2H3,(H2,22,23,24,25). The molecule has 0 unspecified atom stereocenters. The molecule has 1 heterocycles. The Hall–Kier alpha value is -2.59. The van der Waals surface area contributed by atoms with Crippen molar-refractivity contribution in [1.29, 1.82) is 0 Å². The molecule has 3 rings (SSSR count). The zero-order valence-corrected chi connectivity index (χ0v) is 15.1. The summed E-state index contributed by atoms with van der Waals surface area (Å²) in [5.41, 5.74) is 3.48. The molecule has 0 bridgehead atoms. The second kappa shape index (κ2) is 7.99. The van der Waals surface area contributed by atoms with Gasteiger partial charge in [-0.15, -0.1) is 0 Å². The summed E-state index contributed by atoms with van der Waals surface area (Å²) in [5.74, 6) is 2.29. The van der Waals surface area contributed by atoms with E-state index in [2.05, 4.69) is 39.7 Å². The molecular weight excluding hydrogens is 332 g/mol. The first-order chi connectivity index (χ1) is 12.1. The first kappa shape index (κ1) is 17.2. The average molecular weight is 353 g/mol. The van der Waals surface area contributed by atoms with Gasteiger partial charge in [-0.25, -0.2) is 9.97 Å². The lowest BCUT2D eigenvalue weighted by Gasteiger charge is -2.12. The zero-order chi connectivity index (χ0) is 17.6. The predicted molar refractivity (Wildman–Crippen MR) is 105 cm³/mol. The molecule has 0 atom stereocenters. The zero-order valence-electron chi connectivity index (χ0n) is 14.4. The van der Waals surface area contributed by atoms with Crippen molar-refractivity contribution in [3.63, 3.8) is 0 Å². The SMILES string of the molecule is CCc1ccccc1Nc1cc(NCc2ccc(Cl)cc2)nc(C)n1. The number of anilines is 3. The van der Waals surface area contributed by atoms with Crippen LogP contribution in [0.3, 0.4) is 0 Å². The third-order valence-corrected chi connectivity index (χ3v) is 4.14. The first-order valence-corrected chi connectivity index (χ1v) is 8.71. The van der Waals surface area contributed by atoms with Crippen LogP contribution in [0.1, 0.15) is 23.9 Å². The van der Waals surface area contributed by atoms with Crippen LogP contribution in [0.5, 0.6) is 0 Å². The van der Waals surface area contributed by atoms with Crippen molar-refractivity contribution in [2.24, 2.45) is 0 Å². The van der Waals surface area contributed by atoms with Crippen molar-refractivity contribution in [2.75, 3.05) is 10.6 Å². The monoisotopic (exact) mass is 352 g/mol. The summed E-state index contributed by atoms with van der Waals surface area (Å²) in [6.45, 7) is 4.72. The summed E-state index contributed by atoms with van der Waals surface area (Å²) in [6.07, 6.45) is 0.967. The Balaban J connectivity index is 1.75. The van der Waals surface area contributed by atoms with Crippen LogP contribution >= 0.6 is 11.6 Å². The molecule has 0 saturated heterocycles. The van der Waals surface area contributed by atoms with Gasteiger partial charge in [-0.2, -0.15) is 0 Å². The lowest BCUT2D eigenvalue weighted by atomic mass is 10.1. The van der Waals surface area contributed by atoms with E-state index in [0.717, 1.165) is 40.2 Å². The summed E-state index contributed by atoms with van der Waals surface area (Å²) < 4.78 is 0. The summed E-state index contributed by atoms with van der Waals surface area (Å²) in [4.78, 5) is 8.95. The molecule has 2 N–H and O–H groups in total. The first-order valence-electron chi connectivity index (χ1n) is 8.33. The molecule has 0 saturated carbocycles. The van der Waals surface area contributed by atoms with E-state index in [9.17, 15) is 0 Å². The van der Waals surface area contributed by atoms with Crippen LogP contribution in [0.15, 0.2) is 54.6 Å². The summed E-state index contributed by atoms with van der Waals surface area (Å²) >= 11 is 5.92. The van der Waals surface area contributed by atoms with Gasteiger partial charge in [0.25, 0.3) is 0 Å².